The van der Waals surface area contributed by atoms with Crippen molar-refractivity contribution in [1.29, 1.82) is 0 Å². The first kappa shape index (κ1) is 12.2. The molecule has 0 amide bonds. The average Bonchev–Trinajstić information content (AvgIpc) is 3.08. The zero-order valence-corrected chi connectivity index (χ0v) is 12.2. The van der Waals surface area contributed by atoms with E-state index in [0.29, 0.717) is 4.99 Å². The van der Waals surface area contributed by atoms with Gasteiger partial charge in [-0.1, -0.05) is 36.5 Å². The van der Waals surface area contributed by atoms with Crippen LogP contribution in [0.15, 0.2) is 36.4 Å². The minimum Gasteiger partial charge on any atom is -0.389 e. The quantitative estimate of drug-likeness (QED) is 0.855. The Bertz CT molecular complexity index is 694. The van der Waals surface area contributed by atoms with E-state index in [1.54, 1.807) is 0 Å². The van der Waals surface area contributed by atoms with Crippen molar-refractivity contribution in [1.82, 2.24) is 0 Å². The van der Waals surface area contributed by atoms with E-state index in [4.69, 9.17) is 18.0 Å². The molecular weight excluding hydrogens is 264 g/mol. The number of anilines is 1. The summed E-state index contributed by atoms with van der Waals surface area (Å²) in [5, 5.41) is 2.46. The molecule has 1 heterocycles. The van der Waals surface area contributed by atoms with Crippen LogP contribution in [0.2, 0.25) is 0 Å². The highest BCUT2D eigenvalue weighted by Gasteiger charge is 2.38. The molecule has 2 aliphatic rings. The van der Waals surface area contributed by atoms with E-state index >= 15 is 0 Å². The van der Waals surface area contributed by atoms with Gasteiger partial charge in [0.15, 0.2) is 0 Å². The monoisotopic (exact) mass is 282 g/mol. The molecule has 1 saturated carbocycles. The molecule has 2 aromatic carbocycles. The lowest BCUT2D eigenvalue weighted by Gasteiger charge is -2.30. The van der Waals surface area contributed by atoms with Gasteiger partial charge in [0.25, 0.3) is 0 Å². The van der Waals surface area contributed by atoms with Gasteiger partial charge in [0.05, 0.1) is 0 Å². The molecule has 2 nitrogen and oxygen atoms in total. The molecule has 0 spiro atoms. The lowest BCUT2D eigenvalue weighted by atomic mass is 10.0. The fraction of sp³-hybridized carbons (Fsp3) is 0.353. The van der Waals surface area contributed by atoms with Crippen molar-refractivity contribution in [3.05, 3.63) is 42.0 Å². The average molecular weight is 282 g/mol. The minimum absolute atomic E-state index is 0.482. The van der Waals surface area contributed by atoms with E-state index in [0.717, 1.165) is 17.5 Å². The summed E-state index contributed by atoms with van der Waals surface area (Å²) in [4.78, 5) is 3.08. The van der Waals surface area contributed by atoms with Gasteiger partial charge in [0.2, 0.25) is 0 Å². The van der Waals surface area contributed by atoms with Gasteiger partial charge in [0.1, 0.15) is 4.99 Å². The maximum atomic E-state index is 5.86. The molecule has 20 heavy (non-hydrogen) atoms. The number of benzene rings is 2. The van der Waals surface area contributed by atoms with Crippen LogP contribution in [-0.2, 0) is 0 Å². The van der Waals surface area contributed by atoms with E-state index in [9.17, 15) is 0 Å². The van der Waals surface area contributed by atoms with Crippen molar-refractivity contribution in [2.45, 2.75) is 25.3 Å². The van der Waals surface area contributed by atoms with Gasteiger partial charge in [-0.15, -0.1) is 0 Å². The molecule has 3 heteroatoms. The molecule has 0 radical (unpaired) electrons. The van der Waals surface area contributed by atoms with Gasteiger partial charge >= 0.3 is 0 Å². The van der Waals surface area contributed by atoms with Crippen LogP contribution in [0.1, 0.15) is 24.8 Å². The number of nitrogens with zero attached hydrogens (tertiary/aromatic N) is 1. The SMILES string of the molecule is NC(=S)c1ccc(N2CC3CCC2C3)c2ccccc12. The molecule has 1 aliphatic heterocycles. The summed E-state index contributed by atoms with van der Waals surface area (Å²) in [7, 11) is 0. The minimum atomic E-state index is 0.482. The highest BCUT2D eigenvalue weighted by Crippen LogP contribution is 2.42. The van der Waals surface area contributed by atoms with Gasteiger partial charge < -0.3 is 10.6 Å². The second kappa shape index (κ2) is 4.45. The number of nitrogens with two attached hydrogens (primary N) is 1. The molecular formula is C17H18N2S. The summed E-state index contributed by atoms with van der Waals surface area (Å²) >= 11 is 5.18. The molecule has 1 saturated heterocycles. The predicted octanol–water partition coefficient (Wildman–Crippen LogP) is 3.46. The van der Waals surface area contributed by atoms with E-state index in [1.165, 1.54) is 42.3 Å². The van der Waals surface area contributed by atoms with Crippen molar-refractivity contribution < 1.29 is 0 Å². The van der Waals surface area contributed by atoms with Crippen LogP contribution < -0.4 is 10.6 Å². The Hall–Kier alpha value is -1.61. The number of fused-ring (bicyclic) bond motifs is 3. The molecule has 2 fully saturated rings. The topological polar surface area (TPSA) is 29.3 Å². The molecule has 102 valence electrons. The van der Waals surface area contributed by atoms with Gasteiger partial charge in [-0.2, -0.15) is 0 Å². The Kier molecular flexibility index (Phi) is 2.71. The van der Waals surface area contributed by atoms with Crippen molar-refractivity contribution in [2.24, 2.45) is 11.7 Å². The fourth-order valence-electron chi connectivity index (χ4n) is 3.97. The highest BCUT2D eigenvalue weighted by atomic mass is 32.1. The third-order valence-electron chi connectivity index (χ3n) is 4.89. The van der Waals surface area contributed by atoms with E-state index in [-0.39, 0.29) is 0 Å². The van der Waals surface area contributed by atoms with Crippen molar-refractivity contribution >= 4 is 33.7 Å². The number of hydrogen-bond acceptors (Lipinski definition) is 2. The Balaban J connectivity index is 1.89. The molecule has 2 bridgehead atoms. The van der Waals surface area contributed by atoms with Crippen molar-refractivity contribution in [3.63, 3.8) is 0 Å². The lowest BCUT2D eigenvalue weighted by Crippen LogP contribution is -2.32. The van der Waals surface area contributed by atoms with Crippen LogP contribution in [0.5, 0.6) is 0 Å². The Morgan fingerprint density at radius 3 is 2.55 bits per heavy atom. The van der Waals surface area contributed by atoms with Crippen LogP contribution in [-0.4, -0.2) is 17.6 Å². The van der Waals surface area contributed by atoms with E-state index in [1.807, 2.05) is 0 Å². The molecule has 0 aromatic heterocycles. The summed E-state index contributed by atoms with van der Waals surface area (Å²) in [6.45, 7) is 1.21. The molecule has 2 aromatic rings. The molecule has 2 N–H and O–H groups in total. The zero-order chi connectivity index (χ0) is 13.7. The summed E-state index contributed by atoms with van der Waals surface area (Å²) in [6, 6.07) is 13.5. The van der Waals surface area contributed by atoms with Crippen LogP contribution in [0.4, 0.5) is 5.69 Å². The number of hydrogen-bond donors (Lipinski definition) is 1. The first-order chi connectivity index (χ1) is 9.74. The molecule has 2 unspecified atom stereocenters. The summed E-state index contributed by atoms with van der Waals surface area (Å²) < 4.78 is 0. The number of thiocarbonyl (C=S) groups is 1. The van der Waals surface area contributed by atoms with Gasteiger partial charge in [-0.25, -0.2) is 0 Å². The second-order valence-corrected chi connectivity index (χ2v) is 6.47. The Labute approximate surface area is 124 Å². The first-order valence-electron chi connectivity index (χ1n) is 7.32. The zero-order valence-electron chi connectivity index (χ0n) is 11.4. The highest BCUT2D eigenvalue weighted by molar-refractivity contribution is 7.80. The fourth-order valence-corrected chi connectivity index (χ4v) is 4.15. The summed E-state index contributed by atoms with van der Waals surface area (Å²) in [5.41, 5.74) is 8.21. The van der Waals surface area contributed by atoms with Gasteiger partial charge in [-0.3, -0.25) is 0 Å². The van der Waals surface area contributed by atoms with Crippen LogP contribution in [0.3, 0.4) is 0 Å². The van der Waals surface area contributed by atoms with Crippen LogP contribution in [0.25, 0.3) is 10.8 Å². The standard InChI is InChI=1S/C17H18N2S/c18-17(20)15-7-8-16(14-4-2-1-3-13(14)15)19-10-11-5-6-12(19)9-11/h1-4,7-8,11-12H,5-6,9-10H2,(H2,18,20). The maximum absolute atomic E-state index is 5.86. The van der Waals surface area contributed by atoms with Gasteiger partial charge in [-0.05, 0) is 42.7 Å². The summed E-state index contributed by atoms with van der Waals surface area (Å²) in [6.07, 6.45) is 4.12. The lowest BCUT2D eigenvalue weighted by molar-refractivity contribution is 0.554. The first-order valence-corrected chi connectivity index (χ1v) is 7.73. The Morgan fingerprint density at radius 2 is 1.90 bits per heavy atom. The number of piperidine rings is 1. The van der Waals surface area contributed by atoms with E-state index in [2.05, 4.69) is 41.3 Å². The van der Waals surface area contributed by atoms with Gasteiger partial charge in [0, 0.05) is 29.2 Å². The number of rotatable bonds is 2. The largest absolute Gasteiger partial charge is 0.389 e. The molecule has 2 atom stereocenters. The molecule has 4 rings (SSSR count). The third kappa shape index (κ3) is 1.73. The third-order valence-corrected chi connectivity index (χ3v) is 5.11. The van der Waals surface area contributed by atoms with E-state index < -0.39 is 0 Å². The van der Waals surface area contributed by atoms with Crippen LogP contribution >= 0.6 is 12.2 Å². The smallest absolute Gasteiger partial charge is 0.104 e. The predicted molar refractivity (Wildman–Crippen MR) is 88.3 cm³/mol. The normalized spacial score (nSPS) is 24.5. The van der Waals surface area contributed by atoms with Crippen molar-refractivity contribution in [3.8, 4) is 0 Å². The van der Waals surface area contributed by atoms with Crippen molar-refractivity contribution in [2.75, 3.05) is 11.4 Å². The second-order valence-electron chi connectivity index (χ2n) is 6.03. The summed E-state index contributed by atoms with van der Waals surface area (Å²) in [5.74, 6) is 0.897. The van der Waals surface area contributed by atoms with Crippen LogP contribution in [0, 0.1) is 5.92 Å². The molecule has 1 aliphatic carbocycles. The maximum Gasteiger partial charge on any atom is 0.104 e. The Morgan fingerprint density at radius 1 is 1.10 bits per heavy atom.